The van der Waals surface area contributed by atoms with Crippen LogP contribution in [-0.4, -0.2) is 19.0 Å². The Labute approximate surface area is 98.2 Å². The fourth-order valence-electron chi connectivity index (χ4n) is 1.20. The number of hydrogen-bond acceptors (Lipinski definition) is 3. The van der Waals surface area contributed by atoms with E-state index in [0.717, 1.165) is 0 Å². The normalized spacial score (nSPS) is 13.8. The highest BCUT2D eigenvalue weighted by Gasteiger charge is 2.24. The van der Waals surface area contributed by atoms with Crippen LogP contribution in [0.3, 0.4) is 0 Å². The van der Waals surface area contributed by atoms with Gasteiger partial charge >= 0.3 is 0 Å². The van der Waals surface area contributed by atoms with E-state index in [0.29, 0.717) is 10.9 Å². The second-order valence-corrected chi connectivity index (χ2v) is 6.27. The van der Waals surface area contributed by atoms with Crippen molar-refractivity contribution in [2.24, 2.45) is 0 Å². The van der Waals surface area contributed by atoms with Crippen molar-refractivity contribution < 1.29 is 13.5 Å². The van der Waals surface area contributed by atoms with Crippen LogP contribution in [-0.2, 0) is 9.84 Å². The van der Waals surface area contributed by atoms with Crippen molar-refractivity contribution in [3.05, 3.63) is 28.7 Å². The zero-order valence-electron chi connectivity index (χ0n) is 8.35. The molecule has 3 nitrogen and oxygen atoms in total. The van der Waals surface area contributed by atoms with Gasteiger partial charge in [-0.15, -0.1) is 0 Å². The Kier molecular flexibility index (Phi) is 4.31. The van der Waals surface area contributed by atoms with Crippen LogP contribution in [0.2, 0.25) is 0 Å². The SMILES string of the molecule is CCCC(O)S(=O)(=O)c1cccc(Br)c1. The molecule has 84 valence electrons. The standard InChI is InChI=1S/C10H13BrO3S/c1-2-4-10(12)15(13,14)9-6-3-5-8(11)7-9/h3,5-7,10,12H,2,4H2,1H3. The lowest BCUT2D eigenvalue weighted by Gasteiger charge is -2.10. The molecule has 5 heteroatoms. The fraction of sp³-hybridized carbons (Fsp3) is 0.400. The van der Waals surface area contributed by atoms with Crippen LogP contribution in [0.1, 0.15) is 19.8 Å². The van der Waals surface area contributed by atoms with Crippen molar-refractivity contribution in [2.45, 2.75) is 30.1 Å². The number of halogens is 1. The summed E-state index contributed by atoms with van der Waals surface area (Å²) in [7, 11) is -3.60. The van der Waals surface area contributed by atoms with Crippen molar-refractivity contribution in [1.82, 2.24) is 0 Å². The maximum absolute atomic E-state index is 11.8. The van der Waals surface area contributed by atoms with Gasteiger partial charge in [0.1, 0.15) is 0 Å². The predicted molar refractivity (Wildman–Crippen MR) is 62.2 cm³/mol. The van der Waals surface area contributed by atoms with Crippen molar-refractivity contribution >= 4 is 25.8 Å². The molecule has 1 aromatic carbocycles. The third-order valence-electron chi connectivity index (χ3n) is 2.02. The van der Waals surface area contributed by atoms with E-state index in [9.17, 15) is 13.5 Å². The van der Waals surface area contributed by atoms with Crippen molar-refractivity contribution in [3.8, 4) is 0 Å². The molecule has 1 rings (SSSR count). The van der Waals surface area contributed by atoms with Crippen LogP contribution in [0.15, 0.2) is 33.6 Å². The maximum Gasteiger partial charge on any atom is 0.204 e. The van der Waals surface area contributed by atoms with Gasteiger partial charge in [-0.05, 0) is 24.6 Å². The highest BCUT2D eigenvalue weighted by atomic mass is 79.9. The van der Waals surface area contributed by atoms with Gasteiger partial charge in [-0.2, -0.15) is 0 Å². The summed E-state index contributed by atoms with van der Waals surface area (Å²) in [6.07, 6.45) is 0.892. The Hall–Kier alpha value is -0.390. The van der Waals surface area contributed by atoms with Gasteiger partial charge in [0.2, 0.25) is 9.84 Å². The molecule has 0 heterocycles. The second kappa shape index (κ2) is 5.09. The summed E-state index contributed by atoms with van der Waals surface area (Å²) >= 11 is 3.20. The highest BCUT2D eigenvalue weighted by Crippen LogP contribution is 2.21. The molecule has 0 saturated heterocycles. The Morgan fingerprint density at radius 2 is 2.13 bits per heavy atom. The molecule has 0 bridgehead atoms. The first-order valence-corrected chi connectivity index (χ1v) is 7.00. The number of aliphatic hydroxyl groups excluding tert-OH is 1. The number of aliphatic hydroxyl groups is 1. The molecule has 15 heavy (non-hydrogen) atoms. The van der Waals surface area contributed by atoms with E-state index in [1.165, 1.54) is 12.1 Å². The monoisotopic (exact) mass is 292 g/mol. The van der Waals surface area contributed by atoms with Gasteiger partial charge in [0.15, 0.2) is 5.44 Å². The van der Waals surface area contributed by atoms with E-state index in [2.05, 4.69) is 15.9 Å². The van der Waals surface area contributed by atoms with Crippen LogP contribution in [0.4, 0.5) is 0 Å². The van der Waals surface area contributed by atoms with Gasteiger partial charge < -0.3 is 5.11 Å². The first kappa shape index (κ1) is 12.7. The van der Waals surface area contributed by atoms with Crippen LogP contribution in [0, 0.1) is 0 Å². The third-order valence-corrected chi connectivity index (χ3v) is 4.37. The van der Waals surface area contributed by atoms with Crippen LogP contribution >= 0.6 is 15.9 Å². The summed E-state index contributed by atoms with van der Waals surface area (Å²) in [4.78, 5) is 0.151. The van der Waals surface area contributed by atoms with Gasteiger partial charge in [0.05, 0.1) is 4.90 Å². The first-order valence-electron chi connectivity index (χ1n) is 4.66. The topological polar surface area (TPSA) is 54.4 Å². The highest BCUT2D eigenvalue weighted by molar-refractivity contribution is 9.10. The Bertz CT molecular complexity index is 428. The molecule has 0 radical (unpaired) electrons. The molecule has 1 aromatic rings. The van der Waals surface area contributed by atoms with Gasteiger partial charge in [-0.25, -0.2) is 8.42 Å². The van der Waals surface area contributed by atoms with E-state index in [4.69, 9.17) is 0 Å². The molecular weight excluding hydrogens is 280 g/mol. The van der Waals surface area contributed by atoms with Gasteiger partial charge in [0.25, 0.3) is 0 Å². The van der Waals surface area contributed by atoms with E-state index in [-0.39, 0.29) is 11.3 Å². The lowest BCUT2D eigenvalue weighted by Crippen LogP contribution is -2.20. The molecule has 1 unspecified atom stereocenters. The zero-order chi connectivity index (χ0) is 11.5. The van der Waals surface area contributed by atoms with Crippen molar-refractivity contribution in [1.29, 1.82) is 0 Å². The zero-order valence-corrected chi connectivity index (χ0v) is 10.8. The molecule has 0 aliphatic heterocycles. The molecule has 0 fully saturated rings. The Morgan fingerprint density at radius 3 is 2.67 bits per heavy atom. The number of sulfone groups is 1. The molecule has 0 aliphatic rings. The summed E-state index contributed by atoms with van der Waals surface area (Å²) < 4.78 is 24.3. The number of rotatable bonds is 4. The summed E-state index contributed by atoms with van der Waals surface area (Å²) in [5.41, 5.74) is -1.31. The number of benzene rings is 1. The lowest BCUT2D eigenvalue weighted by atomic mass is 10.4. The van der Waals surface area contributed by atoms with Gasteiger partial charge in [0, 0.05) is 4.47 Å². The largest absolute Gasteiger partial charge is 0.377 e. The molecule has 0 aromatic heterocycles. The fourth-order valence-corrected chi connectivity index (χ4v) is 3.17. The van der Waals surface area contributed by atoms with Gasteiger partial charge in [-0.3, -0.25) is 0 Å². The minimum atomic E-state index is -3.60. The summed E-state index contributed by atoms with van der Waals surface area (Å²) in [6.45, 7) is 1.83. The molecule has 0 aliphatic carbocycles. The van der Waals surface area contributed by atoms with E-state index in [1.54, 1.807) is 12.1 Å². The summed E-state index contributed by atoms with van der Waals surface area (Å²) in [5.74, 6) is 0. The summed E-state index contributed by atoms with van der Waals surface area (Å²) in [6, 6.07) is 6.36. The average Bonchev–Trinajstić information content (AvgIpc) is 2.18. The molecular formula is C10H13BrO3S. The van der Waals surface area contributed by atoms with Crippen LogP contribution < -0.4 is 0 Å². The van der Waals surface area contributed by atoms with Crippen LogP contribution in [0.5, 0.6) is 0 Å². The smallest absolute Gasteiger partial charge is 0.204 e. The quantitative estimate of drug-likeness (QED) is 0.927. The number of hydrogen-bond donors (Lipinski definition) is 1. The van der Waals surface area contributed by atoms with E-state index >= 15 is 0 Å². The molecule has 1 N–H and O–H groups in total. The minimum absolute atomic E-state index is 0.151. The first-order chi connectivity index (χ1) is 6.98. The lowest BCUT2D eigenvalue weighted by molar-refractivity contribution is 0.237. The molecule has 0 saturated carbocycles. The predicted octanol–water partition coefficient (Wildman–Crippen LogP) is 2.34. The minimum Gasteiger partial charge on any atom is -0.377 e. The van der Waals surface area contributed by atoms with Crippen molar-refractivity contribution in [2.75, 3.05) is 0 Å². The Morgan fingerprint density at radius 1 is 1.47 bits per heavy atom. The van der Waals surface area contributed by atoms with E-state index in [1.807, 2.05) is 6.92 Å². The second-order valence-electron chi connectivity index (χ2n) is 3.25. The van der Waals surface area contributed by atoms with Crippen LogP contribution in [0.25, 0.3) is 0 Å². The maximum atomic E-state index is 11.8. The van der Waals surface area contributed by atoms with Crippen molar-refractivity contribution in [3.63, 3.8) is 0 Å². The molecule has 1 atom stereocenters. The average molecular weight is 293 g/mol. The summed E-state index contributed by atoms with van der Waals surface area (Å²) in [5, 5.41) is 9.52. The Balaban J connectivity index is 3.06. The van der Waals surface area contributed by atoms with E-state index < -0.39 is 15.3 Å². The molecule has 0 spiro atoms. The third kappa shape index (κ3) is 3.03. The molecule has 0 amide bonds. The van der Waals surface area contributed by atoms with Gasteiger partial charge in [-0.1, -0.05) is 35.3 Å².